The summed E-state index contributed by atoms with van der Waals surface area (Å²) in [6.07, 6.45) is 6.81. The summed E-state index contributed by atoms with van der Waals surface area (Å²) in [6, 6.07) is 8.64. The Morgan fingerprint density at radius 2 is 2.32 bits per heavy atom. The van der Waals surface area contributed by atoms with Gasteiger partial charge in [-0.05, 0) is 37.5 Å². The first-order chi connectivity index (χ1) is 9.31. The third-order valence-electron chi connectivity index (χ3n) is 3.79. The lowest BCUT2D eigenvalue weighted by Gasteiger charge is -2.29. The monoisotopic (exact) mass is 257 g/mol. The molecule has 1 atom stereocenters. The van der Waals surface area contributed by atoms with Gasteiger partial charge in [-0.2, -0.15) is 0 Å². The van der Waals surface area contributed by atoms with Crippen molar-refractivity contribution in [2.45, 2.75) is 38.6 Å². The van der Waals surface area contributed by atoms with Crippen molar-refractivity contribution >= 4 is 5.69 Å². The molecule has 100 valence electrons. The van der Waals surface area contributed by atoms with E-state index in [4.69, 9.17) is 4.42 Å². The van der Waals surface area contributed by atoms with Gasteiger partial charge in [0.2, 0.25) is 12.3 Å². The van der Waals surface area contributed by atoms with Gasteiger partial charge in [0.25, 0.3) is 0 Å². The van der Waals surface area contributed by atoms with Crippen molar-refractivity contribution in [2.24, 2.45) is 5.92 Å². The maximum Gasteiger partial charge on any atom is 0.247 e. The zero-order valence-corrected chi connectivity index (χ0v) is 11.2. The van der Waals surface area contributed by atoms with Crippen LogP contribution in [0.25, 0.3) is 11.5 Å². The Labute approximate surface area is 113 Å². The van der Waals surface area contributed by atoms with Crippen LogP contribution < -0.4 is 5.32 Å². The average molecular weight is 257 g/mol. The number of aromatic nitrogens is 2. The molecule has 4 heteroatoms. The largest absolute Gasteiger partial charge is 0.423 e. The molecule has 1 aromatic carbocycles. The van der Waals surface area contributed by atoms with Crippen molar-refractivity contribution in [1.29, 1.82) is 0 Å². The summed E-state index contributed by atoms with van der Waals surface area (Å²) < 4.78 is 5.22. The normalized spacial score (nSPS) is 16.9. The van der Waals surface area contributed by atoms with Gasteiger partial charge in [0.15, 0.2) is 0 Å². The summed E-state index contributed by atoms with van der Waals surface area (Å²) in [6.45, 7) is 2.25. The lowest BCUT2D eigenvalue weighted by Crippen LogP contribution is -2.23. The number of hydrogen-bond acceptors (Lipinski definition) is 4. The van der Waals surface area contributed by atoms with Crippen LogP contribution in [0, 0.1) is 5.92 Å². The van der Waals surface area contributed by atoms with Crippen LogP contribution in [0.2, 0.25) is 0 Å². The quantitative estimate of drug-likeness (QED) is 0.886. The number of hydrogen-bond donors (Lipinski definition) is 1. The second-order valence-electron chi connectivity index (χ2n) is 5.40. The molecular weight excluding hydrogens is 238 g/mol. The molecule has 0 spiro atoms. The smallest absolute Gasteiger partial charge is 0.247 e. The number of rotatable bonds is 5. The molecule has 1 aliphatic carbocycles. The van der Waals surface area contributed by atoms with E-state index < -0.39 is 0 Å². The molecule has 1 aliphatic rings. The van der Waals surface area contributed by atoms with Gasteiger partial charge in [-0.15, -0.1) is 10.2 Å². The van der Waals surface area contributed by atoms with Gasteiger partial charge < -0.3 is 9.73 Å². The van der Waals surface area contributed by atoms with Crippen LogP contribution in [-0.2, 0) is 0 Å². The minimum Gasteiger partial charge on any atom is -0.423 e. The molecule has 4 nitrogen and oxygen atoms in total. The maximum atomic E-state index is 5.22. The average Bonchev–Trinajstić information content (AvgIpc) is 2.88. The molecule has 1 aromatic heterocycles. The van der Waals surface area contributed by atoms with Crippen LogP contribution in [0.4, 0.5) is 5.69 Å². The Morgan fingerprint density at radius 1 is 1.42 bits per heavy atom. The van der Waals surface area contributed by atoms with Gasteiger partial charge in [-0.1, -0.05) is 25.3 Å². The van der Waals surface area contributed by atoms with Crippen molar-refractivity contribution in [3.63, 3.8) is 0 Å². The first kappa shape index (κ1) is 12.2. The van der Waals surface area contributed by atoms with Gasteiger partial charge in [-0.3, -0.25) is 0 Å². The summed E-state index contributed by atoms with van der Waals surface area (Å²) in [5, 5.41) is 11.2. The van der Waals surface area contributed by atoms with Crippen molar-refractivity contribution in [1.82, 2.24) is 10.2 Å². The lowest BCUT2D eigenvalue weighted by molar-refractivity contribution is 0.286. The SMILES string of the molecule is CC(CC1CCC1)Nc1cccc(-c2nnco2)c1. The molecule has 0 radical (unpaired) electrons. The first-order valence-electron chi connectivity index (χ1n) is 6.94. The standard InChI is InChI=1S/C15H19N3O/c1-11(8-12-4-2-5-12)17-14-7-3-6-13(9-14)15-18-16-10-19-15/h3,6-7,9-12,17H,2,4-5,8H2,1H3. The van der Waals surface area contributed by atoms with Crippen molar-refractivity contribution in [3.8, 4) is 11.5 Å². The Hall–Kier alpha value is -1.84. The van der Waals surface area contributed by atoms with E-state index in [0.29, 0.717) is 11.9 Å². The second-order valence-corrected chi connectivity index (χ2v) is 5.40. The first-order valence-corrected chi connectivity index (χ1v) is 6.94. The van der Waals surface area contributed by atoms with E-state index in [9.17, 15) is 0 Å². The third-order valence-corrected chi connectivity index (χ3v) is 3.79. The van der Waals surface area contributed by atoms with E-state index in [1.54, 1.807) is 0 Å². The Kier molecular flexibility index (Phi) is 3.49. The van der Waals surface area contributed by atoms with Crippen LogP contribution in [-0.4, -0.2) is 16.2 Å². The number of anilines is 1. The van der Waals surface area contributed by atoms with E-state index in [1.807, 2.05) is 12.1 Å². The minimum atomic E-state index is 0.503. The highest BCUT2D eigenvalue weighted by molar-refractivity contribution is 5.61. The van der Waals surface area contributed by atoms with Gasteiger partial charge in [0, 0.05) is 17.3 Å². The van der Waals surface area contributed by atoms with Gasteiger partial charge >= 0.3 is 0 Å². The molecule has 19 heavy (non-hydrogen) atoms. The van der Waals surface area contributed by atoms with Crippen LogP contribution >= 0.6 is 0 Å². The molecule has 1 saturated carbocycles. The third kappa shape index (κ3) is 2.95. The zero-order chi connectivity index (χ0) is 13.1. The summed E-state index contributed by atoms with van der Waals surface area (Å²) in [5.41, 5.74) is 2.07. The van der Waals surface area contributed by atoms with Gasteiger partial charge in [0.05, 0.1) is 0 Å². The van der Waals surface area contributed by atoms with Crippen molar-refractivity contribution in [3.05, 3.63) is 30.7 Å². The summed E-state index contributed by atoms with van der Waals surface area (Å²) >= 11 is 0. The lowest BCUT2D eigenvalue weighted by atomic mass is 9.81. The molecule has 1 unspecified atom stereocenters. The van der Waals surface area contributed by atoms with Crippen LogP contribution in [0.15, 0.2) is 35.1 Å². The summed E-state index contributed by atoms with van der Waals surface area (Å²) in [7, 11) is 0. The van der Waals surface area contributed by atoms with Gasteiger partial charge in [0.1, 0.15) is 0 Å². The topological polar surface area (TPSA) is 51.0 Å². The molecule has 2 aromatic rings. The maximum absolute atomic E-state index is 5.22. The molecule has 3 rings (SSSR count). The predicted octanol–water partition coefficient (Wildman–Crippen LogP) is 3.73. The van der Waals surface area contributed by atoms with Crippen LogP contribution in [0.5, 0.6) is 0 Å². The Balaban J connectivity index is 1.65. The van der Waals surface area contributed by atoms with Crippen LogP contribution in [0.3, 0.4) is 0 Å². The van der Waals surface area contributed by atoms with Crippen molar-refractivity contribution < 1.29 is 4.42 Å². The highest BCUT2D eigenvalue weighted by Crippen LogP contribution is 2.31. The van der Waals surface area contributed by atoms with E-state index in [0.717, 1.165) is 17.2 Å². The number of nitrogens with one attached hydrogen (secondary N) is 1. The Morgan fingerprint density at radius 3 is 3.00 bits per heavy atom. The zero-order valence-electron chi connectivity index (χ0n) is 11.2. The van der Waals surface area contributed by atoms with Crippen LogP contribution in [0.1, 0.15) is 32.6 Å². The molecule has 0 aliphatic heterocycles. The van der Waals surface area contributed by atoms with Gasteiger partial charge in [-0.25, -0.2) is 0 Å². The van der Waals surface area contributed by atoms with E-state index in [-0.39, 0.29) is 0 Å². The molecule has 0 saturated heterocycles. The number of benzene rings is 1. The Bertz CT molecular complexity index is 520. The summed E-state index contributed by atoms with van der Waals surface area (Å²) in [4.78, 5) is 0. The molecular formula is C15H19N3O. The minimum absolute atomic E-state index is 0.503. The van der Waals surface area contributed by atoms with E-state index >= 15 is 0 Å². The molecule has 0 amide bonds. The fraction of sp³-hybridized carbons (Fsp3) is 0.467. The van der Waals surface area contributed by atoms with E-state index in [1.165, 1.54) is 32.1 Å². The fourth-order valence-electron chi connectivity index (χ4n) is 2.61. The highest BCUT2D eigenvalue weighted by atomic mass is 16.4. The summed E-state index contributed by atoms with van der Waals surface area (Å²) in [5.74, 6) is 1.48. The highest BCUT2D eigenvalue weighted by Gasteiger charge is 2.19. The molecule has 1 heterocycles. The van der Waals surface area contributed by atoms with Crippen molar-refractivity contribution in [2.75, 3.05) is 5.32 Å². The van der Waals surface area contributed by atoms with E-state index in [2.05, 4.69) is 34.6 Å². The fourth-order valence-corrected chi connectivity index (χ4v) is 2.61. The predicted molar refractivity (Wildman–Crippen MR) is 74.8 cm³/mol. The molecule has 0 bridgehead atoms. The number of nitrogens with zero attached hydrogens (tertiary/aromatic N) is 2. The molecule has 1 N–H and O–H groups in total. The molecule has 1 fully saturated rings. The second kappa shape index (κ2) is 5.43.